The van der Waals surface area contributed by atoms with Crippen molar-refractivity contribution in [3.05, 3.63) is 52.0 Å². The topological polar surface area (TPSA) is 78.8 Å². The lowest BCUT2D eigenvalue weighted by Crippen LogP contribution is -2.34. The average molecular weight is 426 g/mol. The molecule has 0 spiro atoms. The van der Waals surface area contributed by atoms with Crippen LogP contribution in [0.5, 0.6) is 0 Å². The van der Waals surface area contributed by atoms with E-state index in [-0.39, 0.29) is 15.5 Å². The van der Waals surface area contributed by atoms with E-state index in [0.717, 1.165) is 6.42 Å². The number of sulfonamides is 1. The highest BCUT2D eigenvalue weighted by Gasteiger charge is 2.29. The first kappa shape index (κ1) is 19.7. The van der Waals surface area contributed by atoms with Gasteiger partial charge in [0.1, 0.15) is 10.7 Å². The minimum Gasteiger partial charge on any atom is -0.328 e. The molecule has 27 heavy (non-hydrogen) atoms. The summed E-state index contributed by atoms with van der Waals surface area (Å²) in [5, 5.41) is 3.39. The Morgan fingerprint density at radius 2 is 1.93 bits per heavy atom. The summed E-state index contributed by atoms with van der Waals surface area (Å²) in [6, 6.07) is 9.22. The molecular formula is C18H17Cl2N3O3S. The number of nitrogens with one attached hydrogen (secondary N) is 1. The van der Waals surface area contributed by atoms with E-state index in [4.69, 9.17) is 23.2 Å². The molecule has 0 aromatic heterocycles. The summed E-state index contributed by atoms with van der Waals surface area (Å²) in [7, 11) is -3.86. The predicted molar refractivity (Wildman–Crippen MR) is 109 cm³/mol. The first-order chi connectivity index (χ1) is 12.7. The Morgan fingerprint density at radius 3 is 2.59 bits per heavy atom. The van der Waals surface area contributed by atoms with E-state index in [2.05, 4.69) is 9.71 Å². The zero-order chi connectivity index (χ0) is 19.8. The molecule has 0 radical (unpaired) electrons. The Balaban J connectivity index is 1.97. The third kappa shape index (κ3) is 3.95. The number of rotatable bonds is 4. The fraction of sp³-hybridized carbons (Fsp3) is 0.222. The largest absolute Gasteiger partial charge is 0.328 e. The second-order valence-corrected chi connectivity index (χ2v) is 8.44. The highest BCUT2D eigenvalue weighted by atomic mass is 35.5. The van der Waals surface area contributed by atoms with Gasteiger partial charge in [-0.2, -0.15) is 8.42 Å². The highest BCUT2D eigenvalue weighted by molar-refractivity contribution is 7.90. The summed E-state index contributed by atoms with van der Waals surface area (Å²) in [4.78, 5) is 14.4. The Morgan fingerprint density at radius 1 is 1.19 bits per heavy atom. The molecule has 142 valence electrons. The lowest BCUT2D eigenvalue weighted by Gasteiger charge is -2.29. The lowest BCUT2D eigenvalue weighted by atomic mass is 10.1. The molecule has 1 N–H and O–H groups in total. The third-order valence-corrected chi connectivity index (χ3v) is 6.00. The van der Waals surface area contributed by atoms with Gasteiger partial charge in [-0.25, -0.2) is 0 Å². The molecule has 1 amide bonds. The molecule has 6 nitrogen and oxygen atoms in total. The van der Waals surface area contributed by atoms with Crippen molar-refractivity contribution in [2.45, 2.75) is 25.2 Å². The smallest absolute Gasteiger partial charge is 0.286 e. The fourth-order valence-corrected chi connectivity index (χ4v) is 4.54. The van der Waals surface area contributed by atoms with Crippen LogP contribution in [0, 0.1) is 0 Å². The Hall–Kier alpha value is -2.09. The number of halogens is 2. The molecule has 2 aromatic carbocycles. The normalized spacial score (nSPS) is 15.1. The van der Waals surface area contributed by atoms with Crippen molar-refractivity contribution in [2.24, 2.45) is 4.40 Å². The van der Waals surface area contributed by atoms with E-state index in [1.807, 2.05) is 11.8 Å². The first-order valence-electron chi connectivity index (χ1n) is 8.22. The van der Waals surface area contributed by atoms with Crippen LogP contribution in [0.3, 0.4) is 0 Å². The summed E-state index contributed by atoms with van der Waals surface area (Å²) < 4.78 is 28.8. The van der Waals surface area contributed by atoms with Gasteiger partial charge in [0.05, 0.1) is 16.4 Å². The van der Waals surface area contributed by atoms with Crippen molar-refractivity contribution < 1.29 is 13.2 Å². The number of hydrogen-bond acceptors (Lipinski definition) is 4. The molecule has 0 unspecified atom stereocenters. The monoisotopic (exact) mass is 425 g/mol. The maximum atomic E-state index is 12.6. The van der Waals surface area contributed by atoms with E-state index in [0.29, 0.717) is 28.8 Å². The van der Waals surface area contributed by atoms with Gasteiger partial charge in [0.25, 0.3) is 15.9 Å². The molecule has 0 saturated heterocycles. The van der Waals surface area contributed by atoms with Gasteiger partial charge in [-0.1, -0.05) is 30.1 Å². The Bertz CT molecular complexity index is 1050. The van der Waals surface area contributed by atoms with Gasteiger partial charge in [0.2, 0.25) is 0 Å². The first-order valence-corrected chi connectivity index (χ1v) is 10.4. The number of hydrogen-bond donors (Lipinski definition) is 1. The highest BCUT2D eigenvalue weighted by Crippen LogP contribution is 2.33. The molecule has 0 saturated carbocycles. The van der Waals surface area contributed by atoms with Crippen LogP contribution in [-0.2, 0) is 10.0 Å². The zero-order valence-electron chi connectivity index (χ0n) is 14.7. The van der Waals surface area contributed by atoms with Crippen LogP contribution in [0.4, 0.5) is 11.4 Å². The van der Waals surface area contributed by atoms with Crippen molar-refractivity contribution in [3.63, 3.8) is 0 Å². The van der Waals surface area contributed by atoms with E-state index in [1.54, 1.807) is 31.2 Å². The van der Waals surface area contributed by atoms with Gasteiger partial charge in [0, 0.05) is 17.1 Å². The number of benzene rings is 2. The van der Waals surface area contributed by atoms with E-state index >= 15 is 0 Å². The van der Waals surface area contributed by atoms with Crippen molar-refractivity contribution in [1.29, 1.82) is 0 Å². The zero-order valence-corrected chi connectivity index (χ0v) is 17.0. The molecule has 0 aliphatic carbocycles. The molecule has 9 heteroatoms. The SMILES string of the molecule is CCCN1C(C)=NS(=O)(=O)c2cc(C(=O)Nc3ccc(Cl)cc3Cl)ccc21. The number of amidine groups is 1. The second kappa shape index (κ2) is 7.50. The van der Waals surface area contributed by atoms with Gasteiger partial charge < -0.3 is 10.2 Å². The van der Waals surface area contributed by atoms with E-state index in [9.17, 15) is 13.2 Å². The van der Waals surface area contributed by atoms with Crippen LogP contribution in [0.15, 0.2) is 45.7 Å². The van der Waals surface area contributed by atoms with Crippen LogP contribution in [0.25, 0.3) is 0 Å². The van der Waals surface area contributed by atoms with Crippen molar-refractivity contribution in [1.82, 2.24) is 0 Å². The Kier molecular flexibility index (Phi) is 5.46. The quantitative estimate of drug-likeness (QED) is 0.776. The lowest BCUT2D eigenvalue weighted by molar-refractivity contribution is 0.102. The molecule has 1 heterocycles. The van der Waals surface area contributed by atoms with Crippen LogP contribution < -0.4 is 10.2 Å². The summed E-state index contributed by atoms with van der Waals surface area (Å²) in [5.74, 6) is -0.0694. The summed E-state index contributed by atoms with van der Waals surface area (Å²) in [6.07, 6.45) is 0.823. The van der Waals surface area contributed by atoms with E-state index < -0.39 is 15.9 Å². The summed E-state index contributed by atoms with van der Waals surface area (Å²) in [6.45, 7) is 4.27. The average Bonchev–Trinajstić information content (AvgIpc) is 2.60. The van der Waals surface area contributed by atoms with E-state index in [1.165, 1.54) is 12.1 Å². The number of fused-ring (bicyclic) bond motifs is 1. The van der Waals surface area contributed by atoms with Crippen LogP contribution in [-0.4, -0.2) is 26.7 Å². The minimum absolute atomic E-state index is 0.0106. The van der Waals surface area contributed by atoms with Gasteiger partial charge in [-0.3, -0.25) is 4.79 Å². The molecule has 3 rings (SSSR count). The number of carbonyl (C=O) groups is 1. The number of carbonyl (C=O) groups excluding carboxylic acids is 1. The maximum absolute atomic E-state index is 12.6. The molecule has 2 aromatic rings. The third-order valence-electron chi connectivity index (χ3n) is 4.06. The van der Waals surface area contributed by atoms with Gasteiger partial charge in [0.15, 0.2) is 0 Å². The number of amides is 1. The summed E-state index contributed by atoms with van der Waals surface area (Å²) >= 11 is 11.9. The molecular weight excluding hydrogens is 409 g/mol. The second-order valence-electron chi connectivity index (χ2n) is 6.03. The summed E-state index contributed by atoms with van der Waals surface area (Å²) in [5.41, 5.74) is 1.09. The van der Waals surface area contributed by atoms with Crippen LogP contribution in [0.1, 0.15) is 30.6 Å². The van der Waals surface area contributed by atoms with Crippen molar-refractivity contribution >= 4 is 56.3 Å². The fourth-order valence-electron chi connectivity index (χ4n) is 2.82. The number of anilines is 2. The van der Waals surface area contributed by atoms with Crippen LogP contribution >= 0.6 is 23.2 Å². The predicted octanol–water partition coefficient (Wildman–Crippen LogP) is 4.58. The molecule has 0 atom stereocenters. The van der Waals surface area contributed by atoms with Gasteiger partial charge in [-0.15, -0.1) is 4.40 Å². The van der Waals surface area contributed by atoms with Gasteiger partial charge >= 0.3 is 0 Å². The molecule has 1 aliphatic heterocycles. The standard InChI is InChI=1S/C18H17Cl2N3O3S/c1-3-8-23-11(2)22-27(25,26)17-9-12(4-7-16(17)23)18(24)21-15-6-5-13(19)10-14(15)20/h4-7,9-10H,3,8H2,1-2H3,(H,21,24). The molecule has 1 aliphatic rings. The molecule has 0 bridgehead atoms. The molecule has 0 fully saturated rings. The number of nitrogens with zero attached hydrogens (tertiary/aromatic N) is 2. The van der Waals surface area contributed by atoms with Gasteiger partial charge in [-0.05, 0) is 49.7 Å². The Labute approximate surface area is 167 Å². The maximum Gasteiger partial charge on any atom is 0.286 e. The minimum atomic E-state index is -3.86. The van der Waals surface area contributed by atoms with Crippen molar-refractivity contribution in [3.8, 4) is 0 Å². The van der Waals surface area contributed by atoms with Crippen LogP contribution in [0.2, 0.25) is 10.0 Å². The van der Waals surface area contributed by atoms with Crippen molar-refractivity contribution in [2.75, 3.05) is 16.8 Å².